The minimum atomic E-state index is -1.07. The number of pyridine rings is 1. The summed E-state index contributed by atoms with van der Waals surface area (Å²) < 4.78 is 4.75. The first-order valence-electron chi connectivity index (χ1n) is 6.44. The van der Waals surface area contributed by atoms with E-state index in [-0.39, 0.29) is 11.7 Å². The minimum Gasteiger partial charge on any atom is -0.477 e. The fraction of sp³-hybridized carbons (Fsp3) is 0.500. The summed E-state index contributed by atoms with van der Waals surface area (Å²) in [6.45, 7) is 4.34. The minimum absolute atomic E-state index is 0.0113. The molecule has 0 fully saturated rings. The number of carboxylic acid groups (broad SMARTS) is 1. The number of hydrogen-bond donors (Lipinski definition) is 2. The Labute approximate surface area is 118 Å². The monoisotopic (exact) mass is 280 g/mol. The van der Waals surface area contributed by atoms with Crippen LogP contribution < -0.4 is 5.32 Å². The van der Waals surface area contributed by atoms with Gasteiger partial charge in [-0.2, -0.15) is 0 Å². The largest absolute Gasteiger partial charge is 0.477 e. The lowest BCUT2D eigenvalue weighted by Gasteiger charge is -2.18. The van der Waals surface area contributed by atoms with E-state index in [9.17, 15) is 9.59 Å². The number of aromatic nitrogens is 1. The molecular weight excluding hydrogens is 260 g/mol. The summed E-state index contributed by atoms with van der Waals surface area (Å²) in [5.41, 5.74) is 0.560. The van der Waals surface area contributed by atoms with Crippen molar-refractivity contribution in [3.05, 3.63) is 29.6 Å². The number of carboxylic acids is 1. The van der Waals surface area contributed by atoms with Gasteiger partial charge in [-0.15, -0.1) is 0 Å². The number of hydrogen-bond acceptors (Lipinski definition) is 5. The molecule has 1 atom stereocenters. The fourth-order valence-electron chi connectivity index (χ4n) is 1.80. The van der Waals surface area contributed by atoms with Crippen molar-refractivity contribution < 1.29 is 19.4 Å². The van der Waals surface area contributed by atoms with Gasteiger partial charge in [-0.25, -0.2) is 9.78 Å². The van der Waals surface area contributed by atoms with Crippen LogP contribution in [0.5, 0.6) is 0 Å². The van der Waals surface area contributed by atoms with Crippen molar-refractivity contribution in [3.8, 4) is 0 Å². The van der Waals surface area contributed by atoms with Crippen LogP contribution in [0.3, 0.4) is 0 Å². The van der Waals surface area contributed by atoms with Crippen LogP contribution in [-0.4, -0.2) is 35.2 Å². The highest BCUT2D eigenvalue weighted by Crippen LogP contribution is 2.07. The average molecular weight is 280 g/mol. The van der Waals surface area contributed by atoms with E-state index >= 15 is 0 Å². The van der Waals surface area contributed by atoms with E-state index in [1.807, 2.05) is 13.8 Å². The number of rotatable bonds is 7. The molecule has 1 aromatic rings. The first-order chi connectivity index (χ1) is 9.43. The zero-order chi connectivity index (χ0) is 15.1. The quantitative estimate of drug-likeness (QED) is 0.735. The summed E-state index contributed by atoms with van der Waals surface area (Å²) in [6.07, 6.45) is 0.644. The zero-order valence-electron chi connectivity index (χ0n) is 11.9. The molecule has 1 aromatic heterocycles. The lowest BCUT2D eigenvalue weighted by Crippen LogP contribution is -2.38. The topological polar surface area (TPSA) is 88.5 Å². The second kappa shape index (κ2) is 7.59. The molecule has 0 aliphatic carbocycles. The van der Waals surface area contributed by atoms with Gasteiger partial charge in [0.25, 0.3) is 0 Å². The van der Waals surface area contributed by atoms with E-state index in [0.717, 1.165) is 0 Å². The lowest BCUT2D eigenvalue weighted by molar-refractivity contribution is -0.143. The Morgan fingerprint density at radius 1 is 1.40 bits per heavy atom. The maximum atomic E-state index is 11.6. The van der Waals surface area contributed by atoms with Gasteiger partial charge < -0.3 is 9.84 Å². The Morgan fingerprint density at radius 2 is 2.10 bits per heavy atom. The first-order valence-corrected chi connectivity index (χ1v) is 6.44. The predicted molar refractivity (Wildman–Crippen MR) is 73.3 cm³/mol. The molecule has 1 heterocycles. The molecule has 0 aliphatic heterocycles. The molecule has 6 heteroatoms. The number of aromatic carboxylic acids is 1. The van der Waals surface area contributed by atoms with Gasteiger partial charge in [-0.3, -0.25) is 10.1 Å². The van der Waals surface area contributed by atoms with E-state index in [1.54, 1.807) is 12.1 Å². The van der Waals surface area contributed by atoms with Crippen LogP contribution in [0.4, 0.5) is 0 Å². The fourth-order valence-corrected chi connectivity index (χ4v) is 1.80. The summed E-state index contributed by atoms with van der Waals surface area (Å²) >= 11 is 0. The third-order valence-corrected chi connectivity index (χ3v) is 2.75. The van der Waals surface area contributed by atoms with E-state index in [0.29, 0.717) is 24.6 Å². The van der Waals surface area contributed by atoms with Gasteiger partial charge in [0.2, 0.25) is 0 Å². The second-order valence-electron chi connectivity index (χ2n) is 4.91. The van der Waals surface area contributed by atoms with Crippen molar-refractivity contribution in [2.24, 2.45) is 5.92 Å². The molecular formula is C14H20N2O4. The zero-order valence-corrected chi connectivity index (χ0v) is 11.9. The van der Waals surface area contributed by atoms with Gasteiger partial charge in [0.05, 0.1) is 12.8 Å². The summed E-state index contributed by atoms with van der Waals surface area (Å²) in [5.74, 6) is -1.06. The SMILES string of the molecule is COC(=O)C(CC(C)C)NCc1cccc(C(=O)O)n1. The maximum Gasteiger partial charge on any atom is 0.354 e. The Bertz CT molecular complexity index is 474. The molecule has 0 saturated carbocycles. The Balaban J connectivity index is 2.69. The van der Waals surface area contributed by atoms with Crippen molar-refractivity contribution in [2.75, 3.05) is 7.11 Å². The van der Waals surface area contributed by atoms with Crippen LogP contribution in [0, 0.1) is 5.92 Å². The van der Waals surface area contributed by atoms with Gasteiger partial charge in [0, 0.05) is 6.54 Å². The molecule has 0 radical (unpaired) electrons. The number of carbonyl (C=O) groups is 2. The van der Waals surface area contributed by atoms with E-state index in [4.69, 9.17) is 9.84 Å². The van der Waals surface area contributed by atoms with Crippen LogP contribution in [0.2, 0.25) is 0 Å². The third-order valence-electron chi connectivity index (χ3n) is 2.75. The number of carbonyl (C=O) groups excluding carboxylic acids is 1. The van der Waals surface area contributed by atoms with Gasteiger partial charge >= 0.3 is 11.9 Å². The number of nitrogens with one attached hydrogen (secondary N) is 1. The van der Waals surface area contributed by atoms with Crippen LogP contribution in [0.1, 0.15) is 36.5 Å². The molecule has 6 nitrogen and oxygen atoms in total. The van der Waals surface area contributed by atoms with Crippen LogP contribution >= 0.6 is 0 Å². The summed E-state index contributed by atoms with van der Waals surface area (Å²) in [4.78, 5) is 26.5. The smallest absolute Gasteiger partial charge is 0.354 e. The molecule has 0 aliphatic rings. The molecule has 110 valence electrons. The highest BCUT2D eigenvalue weighted by Gasteiger charge is 2.20. The maximum absolute atomic E-state index is 11.6. The lowest BCUT2D eigenvalue weighted by atomic mass is 10.0. The molecule has 20 heavy (non-hydrogen) atoms. The number of methoxy groups -OCH3 is 1. The van der Waals surface area contributed by atoms with E-state index in [1.165, 1.54) is 13.2 Å². The van der Waals surface area contributed by atoms with Crippen LogP contribution in [-0.2, 0) is 16.1 Å². The van der Waals surface area contributed by atoms with Gasteiger partial charge in [0.1, 0.15) is 11.7 Å². The first kappa shape index (κ1) is 16.1. The van der Waals surface area contributed by atoms with Crippen LogP contribution in [0.25, 0.3) is 0 Å². The molecule has 0 amide bonds. The molecule has 1 unspecified atom stereocenters. The van der Waals surface area contributed by atoms with Crippen molar-refractivity contribution in [1.29, 1.82) is 0 Å². The predicted octanol–water partition coefficient (Wildman–Crippen LogP) is 1.46. The van der Waals surface area contributed by atoms with Gasteiger partial charge in [0.15, 0.2) is 0 Å². The molecule has 1 rings (SSSR count). The molecule has 0 bridgehead atoms. The number of ether oxygens (including phenoxy) is 1. The molecule has 0 aromatic carbocycles. The van der Waals surface area contributed by atoms with Crippen molar-refractivity contribution >= 4 is 11.9 Å². The second-order valence-corrected chi connectivity index (χ2v) is 4.91. The standard InChI is InChI=1S/C14H20N2O4/c1-9(2)7-12(14(19)20-3)15-8-10-5-4-6-11(16-10)13(17)18/h4-6,9,12,15H,7-8H2,1-3H3,(H,17,18). The van der Waals surface area contributed by atoms with Crippen LogP contribution in [0.15, 0.2) is 18.2 Å². The summed E-state index contributed by atoms with van der Waals surface area (Å²) in [5, 5.41) is 11.9. The Morgan fingerprint density at radius 3 is 2.65 bits per heavy atom. The third kappa shape index (κ3) is 4.97. The molecule has 2 N–H and O–H groups in total. The highest BCUT2D eigenvalue weighted by molar-refractivity contribution is 5.85. The Hall–Kier alpha value is -1.95. The van der Waals surface area contributed by atoms with Crippen molar-refractivity contribution in [3.63, 3.8) is 0 Å². The number of esters is 1. The van der Waals surface area contributed by atoms with E-state index in [2.05, 4.69) is 10.3 Å². The van der Waals surface area contributed by atoms with Gasteiger partial charge in [-0.05, 0) is 24.5 Å². The molecule has 0 spiro atoms. The summed E-state index contributed by atoms with van der Waals surface area (Å²) in [6, 6.07) is 4.35. The number of nitrogens with zero attached hydrogens (tertiary/aromatic N) is 1. The normalized spacial score (nSPS) is 12.2. The highest BCUT2D eigenvalue weighted by atomic mass is 16.5. The van der Waals surface area contributed by atoms with Crippen molar-refractivity contribution in [1.82, 2.24) is 10.3 Å². The Kier molecular flexibility index (Phi) is 6.11. The van der Waals surface area contributed by atoms with Gasteiger partial charge in [-0.1, -0.05) is 19.9 Å². The van der Waals surface area contributed by atoms with Crippen molar-refractivity contribution in [2.45, 2.75) is 32.9 Å². The average Bonchev–Trinajstić information content (AvgIpc) is 2.42. The van der Waals surface area contributed by atoms with E-state index < -0.39 is 12.0 Å². The summed E-state index contributed by atoms with van der Waals surface area (Å²) in [7, 11) is 1.35. The molecule has 0 saturated heterocycles.